The molecule has 0 saturated carbocycles. The number of nitrogens with zero attached hydrogens (tertiary/aromatic N) is 4. The third kappa shape index (κ3) is 2.87. The number of carbonyl (C=O) groups excluding carboxylic acids is 1. The van der Waals surface area contributed by atoms with E-state index in [0.717, 1.165) is 25.8 Å². The van der Waals surface area contributed by atoms with Gasteiger partial charge in [-0.2, -0.15) is 4.98 Å². The zero-order valence-electron chi connectivity index (χ0n) is 11.2. The molecule has 1 saturated heterocycles. The molecule has 100 valence electrons. The second-order valence-corrected chi connectivity index (χ2v) is 5.01. The molecule has 0 bridgehead atoms. The van der Waals surface area contributed by atoms with E-state index in [9.17, 15) is 4.79 Å². The molecular formula is C12H20N4O2. The second-order valence-electron chi connectivity index (χ2n) is 5.01. The zero-order chi connectivity index (χ0) is 13.1. The van der Waals surface area contributed by atoms with E-state index in [4.69, 9.17) is 4.52 Å². The third-order valence-corrected chi connectivity index (χ3v) is 3.12. The Morgan fingerprint density at radius 3 is 2.89 bits per heavy atom. The molecule has 2 rings (SSSR count). The Bertz CT molecular complexity index is 416. The number of amides is 1. The molecule has 0 unspecified atom stereocenters. The van der Waals surface area contributed by atoms with Gasteiger partial charge in [0.15, 0.2) is 5.82 Å². The molecule has 1 atom stereocenters. The molecule has 6 nitrogen and oxygen atoms in total. The summed E-state index contributed by atoms with van der Waals surface area (Å²) in [5, 5.41) is 3.96. The molecule has 0 N–H and O–H groups in total. The van der Waals surface area contributed by atoms with Crippen molar-refractivity contribution < 1.29 is 9.32 Å². The second kappa shape index (κ2) is 5.48. The number of aryl methyl sites for hydroxylation is 1. The number of aromatic nitrogens is 2. The van der Waals surface area contributed by atoms with Crippen LogP contribution in [0.25, 0.3) is 0 Å². The highest BCUT2D eigenvalue weighted by atomic mass is 16.5. The molecule has 1 aromatic heterocycles. The largest absolute Gasteiger partial charge is 0.340 e. The molecule has 0 radical (unpaired) electrons. The highest BCUT2D eigenvalue weighted by Crippen LogP contribution is 2.29. The van der Waals surface area contributed by atoms with Crippen molar-refractivity contribution >= 4 is 5.91 Å². The van der Waals surface area contributed by atoms with Crippen molar-refractivity contribution in [1.29, 1.82) is 0 Å². The first-order valence-electron chi connectivity index (χ1n) is 6.32. The molecule has 1 aromatic rings. The summed E-state index contributed by atoms with van der Waals surface area (Å²) in [4.78, 5) is 20.2. The molecule has 2 heterocycles. The summed E-state index contributed by atoms with van der Waals surface area (Å²) in [6, 6.07) is -0.0244. The minimum Gasteiger partial charge on any atom is -0.340 e. The summed E-state index contributed by atoms with van der Waals surface area (Å²) in [7, 11) is 3.80. The van der Waals surface area contributed by atoms with Crippen LogP contribution < -0.4 is 0 Å². The van der Waals surface area contributed by atoms with Gasteiger partial charge in [-0.15, -0.1) is 0 Å². The van der Waals surface area contributed by atoms with E-state index < -0.39 is 0 Å². The quantitative estimate of drug-likeness (QED) is 0.803. The fraction of sp³-hybridized carbons (Fsp3) is 0.750. The highest BCUT2D eigenvalue weighted by Gasteiger charge is 2.31. The Hall–Kier alpha value is -1.43. The minimum absolute atomic E-state index is 0.0244. The number of carbonyl (C=O) groups is 1. The average Bonchev–Trinajstić information content (AvgIpc) is 2.75. The molecule has 1 fully saturated rings. The average molecular weight is 252 g/mol. The van der Waals surface area contributed by atoms with Crippen LogP contribution in [0.2, 0.25) is 0 Å². The van der Waals surface area contributed by atoms with E-state index in [1.54, 1.807) is 6.92 Å². The van der Waals surface area contributed by atoms with Crippen molar-refractivity contribution in [2.75, 3.05) is 27.2 Å². The van der Waals surface area contributed by atoms with Crippen LogP contribution in [0.5, 0.6) is 0 Å². The van der Waals surface area contributed by atoms with Crippen LogP contribution in [0.15, 0.2) is 4.52 Å². The third-order valence-electron chi connectivity index (χ3n) is 3.12. The van der Waals surface area contributed by atoms with E-state index in [-0.39, 0.29) is 11.9 Å². The van der Waals surface area contributed by atoms with Gasteiger partial charge in [0, 0.05) is 13.5 Å². The van der Waals surface area contributed by atoms with Crippen LogP contribution >= 0.6 is 0 Å². The van der Waals surface area contributed by atoms with E-state index in [2.05, 4.69) is 10.1 Å². The maximum atomic E-state index is 12.2. The van der Waals surface area contributed by atoms with Crippen LogP contribution in [-0.2, 0) is 4.79 Å². The van der Waals surface area contributed by atoms with Gasteiger partial charge in [0.25, 0.3) is 0 Å². The van der Waals surface area contributed by atoms with E-state index in [0.29, 0.717) is 18.3 Å². The highest BCUT2D eigenvalue weighted by molar-refractivity contribution is 5.78. The van der Waals surface area contributed by atoms with Crippen molar-refractivity contribution in [2.24, 2.45) is 0 Å². The predicted octanol–water partition coefficient (Wildman–Crippen LogP) is 0.993. The predicted molar refractivity (Wildman–Crippen MR) is 65.9 cm³/mol. The van der Waals surface area contributed by atoms with Gasteiger partial charge in [-0.3, -0.25) is 4.79 Å². The lowest BCUT2D eigenvalue weighted by molar-refractivity contribution is -0.135. The van der Waals surface area contributed by atoms with Crippen LogP contribution in [0.3, 0.4) is 0 Å². The number of piperidine rings is 1. The van der Waals surface area contributed by atoms with Gasteiger partial charge in [0.1, 0.15) is 0 Å². The molecule has 0 aromatic carbocycles. The Labute approximate surface area is 107 Å². The van der Waals surface area contributed by atoms with Crippen molar-refractivity contribution in [3.05, 3.63) is 11.7 Å². The monoisotopic (exact) mass is 252 g/mol. The molecule has 0 spiro atoms. The molecule has 18 heavy (non-hydrogen) atoms. The first-order valence-corrected chi connectivity index (χ1v) is 6.32. The molecular weight excluding hydrogens is 232 g/mol. The Morgan fingerprint density at radius 2 is 2.28 bits per heavy atom. The first kappa shape index (κ1) is 13.0. The van der Waals surface area contributed by atoms with Gasteiger partial charge in [-0.05, 0) is 33.4 Å². The molecule has 1 aliphatic rings. The topological polar surface area (TPSA) is 62.5 Å². The Kier molecular flexibility index (Phi) is 3.96. The van der Waals surface area contributed by atoms with Crippen LogP contribution in [0.1, 0.15) is 37.0 Å². The first-order chi connectivity index (χ1) is 8.58. The Morgan fingerprint density at radius 1 is 1.50 bits per heavy atom. The van der Waals surface area contributed by atoms with E-state index >= 15 is 0 Å². The van der Waals surface area contributed by atoms with Gasteiger partial charge < -0.3 is 14.3 Å². The smallest absolute Gasteiger partial charge is 0.237 e. The number of rotatable bonds is 3. The maximum absolute atomic E-state index is 12.2. The van der Waals surface area contributed by atoms with Crippen molar-refractivity contribution in [3.8, 4) is 0 Å². The van der Waals surface area contributed by atoms with Crippen molar-refractivity contribution in [1.82, 2.24) is 19.9 Å². The summed E-state index contributed by atoms with van der Waals surface area (Å²) in [6.07, 6.45) is 3.06. The summed E-state index contributed by atoms with van der Waals surface area (Å²) in [5.41, 5.74) is 0. The molecule has 0 aliphatic carbocycles. The van der Waals surface area contributed by atoms with Crippen LogP contribution in [0, 0.1) is 6.92 Å². The van der Waals surface area contributed by atoms with Crippen molar-refractivity contribution in [2.45, 2.75) is 32.2 Å². The fourth-order valence-corrected chi connectivity index (χ4v) is 2.31. The molecule has 1 aliphatic heterocycles. The van der Waals surface area contributed by atoms with Gasteiger partial charge in [-0.25, -0.2) is 0 Å². The molecule has 6 heteroatoms. The zero-order valence-corrected chi connectivity index (χ0v) is 11.2. The van der Waals surface area contributed by atoms with Gasteiger partial charge >= 0.3 is 0 Å². The maximum Gasteiger partial charge on any atom is 0.237 e. The van der Waals surface area contributed by atoms with Gasteiger partial charge in [-0.1, -0.05) is 5.16 Å². The number of likely N-dealkylation sites (N-methyl/N-ethyl adjacent to an activating group) is 1. The standard InChI is InChI=1S/C12H20N4O2/c1-9-13-12(14-18-9)10-6-4-5-7-16(10)11(17)8-15(2)3/h10H,4-8H2,1-3H3/t10-/m1/s1. The lowest BCUT2D eigenvalue weighted by Gasteiger charge is -2.34. The minimum atomic E-state index is -0.0244. The van der Waals surface area contributed by atoms with Crippen molar-refractivity contribution in [3.63, 3.8) is 0 Å². The number of likely N-dealkylation sites (tertiary alicyclic amines) is 1. The number of hydrogen-bond acceptors (Lipinski definition) is 5. The van der Waals surface area contributed by atoms with Crippen LogP contribution in [-0.4, -0.2) is 53.0 Å². The number of hydrogen-bond donors (Lipinski definition) is 0. The lowest BCUT2D eigenvalue weighted by Crippen LogP contribution is -2.43. The Balaban J connectivity index is 2.13. The summed E-state index contributed by atoms with van der Waals surface area (Å²) in [5.74, 6) is 1.32. The summed E-state index contributed by atoms with van der Waals surface area (Å²) in [6.45, 7) is 2.98. The van der Waals surface area contributed by atoms with E-state index in [1.165, 1.54) is 0 Å². The molecule has 1 amide bonds. The SMILES string of the molecule is Cc1nc([C@H]2CCCCN2C(=O)CN(C)C)no1. The van der Waals surface area contributed by atoms with Gasteiger partial charge in [0.2, 0.25) is 11.8 Å². The lowest BCUT2D eigenvalue weighted by atomic mass is 10.0. The fourth-order valence-electron chi connectivity index (χ4n) is 2.31. The summed E-state index contributed by atoms with van der Waals surface area (Å²) < 4.78 is 5.02. The normalized spacial score (nSPS) is 20.4. The van der Waals surface area contributed by atoms with E-state index in [1.807, 2.05) is 23.9 Å². The van der Waals surface area contributed by atoms with Crippen LogP contribution in [0.4, 0.5) is 0 Å². The van der Waals surface area contributed by atoms with Gasteiger partial charge in [0.05, 0.1) is 12.6 Å². The summed E-state index contributed by atoms with van der Waals surface area (Å²) >= 11 is 0.